The minimum atomic E-state index is -4.10. The largest absolute Gasteiger partial charge is 0.244 e. The summed E-state index contributed by atoms with van der Waals surface area (Å²) in [6.07, 6.45) is 0. The number of fused-ring (bicyclic) bond motifs is 1. The zero-order valence-corrected chi connectivity index (χ0v) is 13.6. The minimum Gasteiger partial charge on any atom is -0.207 e. The molecular weight excluding hydrogens is 332 g/mol. The summed E-state index contributed by atoms with van der Waals surface area (Å²) in [5.41, 5.74) is 0.750. The Morgan fingerprint density at radius 1 is 0.917 bits per heavy atom. The van der Waals surface area contributed by atoms with Gasteiger partial charge >= 0.3 is 0 Å². The lowest BCUT2D eigenvalue weighted by molar-refractivity contribution is 0.536. The number of benzene rings is 3. The van der Waals surface area contributed by atoms with E-state index in [1.54, 1.807) is 6.92 Å². The van der Waals surface area contributed by atoms with Crippen LogP contribution >= 0.6 is 0 Å². The molecule has 0 aliphatic carbocycles. The van der Waals surface area contributed by atoms with Crippen molar-refractivity contribution in [3.05, 3.63) is 77.9 Å². The Morgan fingerprint density at radius 3 is 2.33 bits per heavy atom. The van der Waals surface area contributed by atoms with Crippen LogP contribution in [0.1, 0.15) is 18.5 Å². The van der Waals surface area contributed by atoms with E-state index in [2.05, 4.69) is 4.72 Å². The molecule has 0 saturated carbocycles. The molecule has 0 aliphatic heterocycles. The Balaban J connectivity index is 1.90. The second-order valence-electron chi connectivity index (χ2n) is 5.52. The summed E-state index contributed by atoms with van der Waals surface area (Å²) in [6, 6.07) is 15.1. The summed E-state index contributed by atoms with van der Waals surface area (Å²) in [5.74, 6) is -1.94. The minimum absolute atomic E-state index is 0.551. The van der Waals surface area contributed by atoms with Gasteiger partial charge < -0.3 is 0 Å². The molecule has 6 heteroatoms. The van der Waals surface area contributed by atoms with Gasteiger partial charge in [0.25, 0.3) is 0 Å². The Kier molecular flexibility index (Phi) is 4.34. The highest BCUT2D eigenvalue weighted by atomic mass is 32.2. The number of nitrogens with one attached hydrogen (secondary N) is 1. The Bertz CT molecular complexity index is 1000. The topological polar surface area (TPSA) is 46.2 Å². The third-order valence-electron chi connectivity index (χ3n) is 3.79. The van der Waals surface area contributed by atoms with Crippen LogP contribution in [-0.2, 0) is 10.0 Å². The Morgan fingerprint density at radius 2 is 1.62 bits per heavy atom. The highest BCUT2D eigenvalue weighted by Gasteiger charge is 2.22. The number of rotatable bonds is 4. The fraction of sp³-hybridized carbons (Fsp3) is 0.111. The molecule has 1 N–H and O–H groups in total. The fourth-order valence-electron chi connectivity index (χ4n) is 2.53. The van der Waals surface area contributed by atoms with E-state index in [9.17, 15) is 17.2 Å². The summed E-state index contributed by atoms with van der Waals surface area (Å²) in [7, 11) is -4.10. The zero-order chi connectivity index (χ0) is 17.3. The van der Waals surface area contributed by atoms with Crippen LogP contribution in [0.3, 0.4) is 0 Å². The van der Waals surface area contributed by atoms with Gasteiger partial charge in [-0.15, -0.1) is 0 Å². The van der Waals surface area contributed by atoms with E-state index in [4.69, 9.17) is 0 Å². The fourth-order valence-corrected chi connectivity index (χ4v) is 3.83. The maximum atomic E-state index is 13.7. The van der Waals surface area contributed by atoms with Gasteiger partial charge in [-0.25, -0.2) is 21.9 Å². The van der Waals surface area contributed by atoms with Crippen LogP contribution in [-0.4, -0.2) is 8.42 Å². The van der Waals surface area contributed by atoms with Crippen molar-refractivity contribution in [2.45, 2.75) is 17.9 Å². The van der Waals surface area contributed by atoms with Crippen LogP contribution in [0, 0.1) is 11.6 Å². The van der Waals surface area contributed by atoms with Crippen molar-refractivity contribution in [3.8, 4) is 0 Å². The van der Waals surface area contributed by atoms with Crippen molar-refractivity contribution in [1.82, 2.24) is 4.72 Å². The molecule has 0 amide bonds. The summed E-state index contributed by atoms with van der Waals surface area (Å²) < 4.78 is 53.8. The standard InChI is InChI=1S/C18H15F2NO2S/c1-12(14-7-6-13-4-2-3-5-15(13)10-14)21-24(22,23)18-9-8-16(19)11-17(18)20/h2-12,21H,1H3. The number of hydrogen-bond acceptors (Lipinski definition) is 2. The van der Waals surface area contributed by atoms with Crippen LogP contribution in [0.2, 0.25) is 0 Å². The average molecular weight is 347 g/mol. The van der Waals surface area contributed by atoms with Crippen molar-refractivity contribution in [2.75, 3.05) is 0 Å². The van der Waals surface area contributed by atoms with E-state index >= 15 is 0 Å². The molecule has 0 saturated heterocycles. The molecule has 0 spiro atoms. The van der Waals surface area contributed by atoms with Crippen molar-refractivity contribution in [3.63, 3.8) is 0 Å². The van der Waals surface area contributed by atoms with Gasteiger partial charge in [-0.3, -0.25) is 0 Å². The lowest BCUT2D eigenvalue weighted by Crippen LogP contribution is -2.27. The smallest absolute Gasteiger partial charge is 0.207 e. The summed E-state index contributed by atoms with van der Waals surface area (Å²) in [5, 5.41) is 2.02. The molecule has 3 rings (SSSR count). The van der Waals surface area contributed by atoms with Gasteiger partial charge in [-0.05, 0) is 41.5 Å². The second-order valence-corrected chi connectivity index (χ2v) is 7.21. The van der Waals surface area contributed by atoms with Crippen LogP contribution in [0.5, 0.6) is 0 Å². The maximum Gasteiger partial charge on any atom is 0.244 e. The molecule has 24 heavy (non-hydrogen) atoms. The predicted octanol–water partition coefficient (Wildman–Crippen LogP) is 4.16. The first kappa shape index (κ1) is 16.5. The molecular formula is C18H15F2NO2S. The zero-order valence-electron chi connectivity index (χ0n) is 12.8. The number of sulfonamides is 1. The summed E-state index contributed by atoms with van der Waals surface area (Å²) in [6.45, 7) is 1.67. The molecule has 0 radical (unpaired) electrons. The first-order valence-electron chi connectivity index (χ1n) is 7.33. The quantitative estimate of drug-likeness (QED) is 0.770. The lowest BCUT2D eigenvalue weighted by atomic mass is 10.0. The lowest BCUT2D eigenvalue weighted by Gasteiger charge is -2.16. The summed E-state index contributed by atoms with van der Waals surface area (Å²) in [4.78, 5) is -0.573. The highest BCUT2D eigenvalue weighted by molar-refractivity contribution is 7.89. The average Bonchev–Trinajstić information content (AvgIpc) is 2.53. The van der Waals surface area contributed by atoms with Crippen LogP contribution in [0.15, 0.2) is 65.6 Å². The summed E-state index contributed by atoms with van der Waals surface area (Å²) >= 11 is 0. The second kappa shape index (κ2) is 6.30. The van der Waals surface area contributed by atoms with Gasteiger partial charge in [0.05, 0.1) is 0 Å². The van der Waals surface area contributed by atoms with Crippen LogP contribution < -0.4 is 4.72 Å². The molecule has 3 aromatic carbocycles. The first-order chi connectivity index (χ1) is 11.4. The molecule has 3 nitrogen and oxygen atoms in total. The van der Waals surface area contributed by atoms with E-state index in [1.807, 2.05) is 42.5 Å². The predicted molar refractivity (Wildman–Crippen MR) is 89.0 cm³/mol. The van der Waals surface area contributed by atoms with Crippen molar-refractivity contribution in [2.24, 2.45) is 0 Å². The molecule has 0 fully saturated rings. The van der Waals surface area contributed by atoms with Gasteiger partial charge in [0.15, 0.2) is 0 Å². The molecule has 1 atom stereocenters. The molecule has 0 heterocycles. The first-order valence-corrected chi connectivity index (χ1v) is 8.81. The van der Waals surface area contributed by atoms with Gasteiger partial charge in [-0.2, -0.15) is 0 Å². The number of hydrogen-bond donors (Lipinski definition) is 1. The van der Waals surface area contributed by atoms with Gasteiger partial charge in [0, 0.05) is 12.1 Å². The molecule has 0 aliphatic rings. The van der Waals surface area contributed by atoms with Crippen LogP contribution in [0.25, 0.3) is 10.8 Å². The molecule has 124 valence electrons. The van der Waals surface area contributed by atoms with E-state index in [0.717, 1.165) is 28.5 Å². The van der Waals surface area contributed by atoms with Gasteiger partial charge in [-0.1, -0.05) is 36.4 Å². The molecule has 0 bridgehead atoms. The Hall–Kier alpha value is -2.31. The molecule has 0 aromatic heterocycles. The van der Waals surface area contributed by atoms with Gasteiger partial charge in [0.2, 0.25) is 10.0 Å². The highest BCUT2D eigenvalue weighted by Crippen LogP contribution is 2.23. The van der Waals surface area contributed by atoms with E-state index < -0.39 is 32.6 Å². The van der Waals surface area contributed by atoms with Crippen LogP contribution in [0.4, 0.5) is 8.78 Å². The third kappa shape index (κ3) is 3.29. The normalized spacial score (nSPS) is 13.1. The molecule has 1 unspecified atom stereocenters. The SMILES string of the molecule is CC(NS(=O)(=O)c1ccc(F)cc1F)c1ccc2ccccc2c1. The Labute approximate surface area is 139 Å². The van der Waals surface area contributed by atoms with Gasteiger partial charge in [0.1, 0.15) is 16.5 Å². The van der Waals surface area contributed by atoms with E-state index in [0.29, 0.717) is 6.07 Å². The van der Waals surface area contributed by atoms with E-state index in [1.165, 1.54) is 0 Å². The molecule has 3 aromatic rings. The number of halogens is 2. The van der Waals surface area contributed by atoms with Crippen molar-refractivity contribution in [1.29, 1.82) is 0 Å². The monoisotopic (exact) mass is 347 g/mol. The van der Waals surface area contributed by atoms with Crippen molar-refractivity contribution >= 4 is 20.8 Å². The van der Waals surface area contributed by atoms with Crippen molar-refractivity contribution < 1.29 is 17.2 Å². The third-order valence-corrected chi connectivity index (χ3v) is 5.36. The van der Waals surface area contributed by atoms with E-state index in [-0.39, 0.29) is 0 Å². The maximum absolute atomic E-state index is 13.7.